The van der Waals surface area contributed by atoms with Crippen LogP contribution in [0.5, 0.6) is 5.75 Å². The number of benzene rings is 4. The van der Waals surface area contributed by atoms with Gasteiger partial charge in [0.2, 0.25) is 5.91 Å². The number of anilines is 2. The first-order valence-corrected chi connectivity index (χ1v) is 14.6. The number of esters is 1. The molecule has 214 valence electrons. The largest absolute Gasteiger partial charge is 0.482 e. The zero-order valence-electron chi connectivity index (χ0n) is 23.8. The van der Waals surface area contributed by atoms with E-state index >= 15 is 0 Å². The van der Waals surface area contributed by atoms with Crippen molar-refractivity contribution >= 4 is 44.0 Å². The zero-order chi connectivity index (χ0) is 29.8. The summed E-state index contributed by atoms with van der Waals surface area (Å²) >= 11 is 0. The maximum absolute atomic E-state index is 14.1. The first-order valence-electron chi connectivity index (χ1n) is 13.2. The van der Waals surface area contributed by atoms with E-state index in [0.717, 1.165) is 20.8 Å². The predicted octanol–water partition coefficient (Wildman–Crippen LogP) is 6.01. The van der Waals surface area contributed by atoms with Gasteiger partial charge in [-0.2, -0.15) is 0 Å². The first-order chi connectivity index (χ1) is 19.3. The van der Waals surface area contributed by atoms with Crippen LogP contribution < -0.4 is 14.4 Å². The minimum atomic E-state index is -4.13. The average molecular weight is 575 g/mol. The Morgan fingerprint density at radius 1 is 0.854 bits per heavy atom. The van der Waals surface area contributed by atoms with Crippen molar-refractivity contribution in [2.45, 2.75) is 45.1 Å². The van der Waals surface area contributed by atoms with E-state index in [4.69, 9.17) is 9.47 Å². The van der Waals surface area contributed by atoms with Crippen LogP contribution in [0.2, 0.25) is 0 Å². The zero-order valence-corrected chi connectivity index (χ0v) is 24.6. The van der Waals surface area contributed by atoms with Crippen LogP contribution in [0.25, 0.3) is 10.8 Å². The fourth-order valence-electron chi connectivity index (χ4n) is 4.32. The van der Waals surface area contributed by atoms with Gasteiger partial charge in [0.25, 0.3) is 10.0 Å². The van der Waals surface area contributed by atoms with E-state index in [0.29, 0.717) is 22.5 Å². The summed E-state index contributed by atoms with van der Waals surface area (Å²) in [6, 6.07) is 24.2. The molecule has 0 saturated heterocycles. The standard InChI is InChI=1S/C32H34N2O6S/c1-22-10-8-14-28(23(22)2)34(41(37,38)29-15-9-12-24-11-6-7-13-27(24)29)20-30(35)33-25-16-18-26(19-17-25)39-21-31(36)40-32(3,4)5/h6-19H,20-21H2,1-5H3,(H,33,35). The molecule has 0 aliphatic heterocycles. The third kappa shape index (κ3) is 7.24. The van der Waals surface area contributed by atoms with Gasteiger partial charge >= 0.3 is 5.97 Å². The van der Waals surface area contributed by atoms with Gasteiger partial charge in [-0.05, 0) is 87.5 Å². The molecule has 0 radical (unpaired) electrons. The van der Waals surface area contributed by atoms with Crippen LogP contribution in [0, 0.1) is 13.8 Å². The highest BCUT2D eigenvalue weighted by atomic mass is 32.2. The molecule has 1 amide bonds. The Morgan fingerprint density at radius 3 is 2.22 bits per heavy atom. The molecule has 41 heavy (non-hydrogen) atoms. The molecule has 0 aromatic heterocycles. The molecule has 4 aromatic rings. The molecule has 0 bridgehead atoms. The quantitative estimate of drug-likeness (QED) is 0.246. The highest BCUT2D eigenvalue weighted by molar-refractivity contribution is 7.93. The molecule has 0 atom stereocenters. The molecule has 1 N–H and O–H groups in total. The molecule has 0 heterocycles. The summed E-state index contributed by atoms with van der Waals surface area (Å²) in [5.74, 6) is -0.588. The van der Waals surface area contributed by atoms with Gasteiger partial charge in [-0.15, -0.1) is 0 Å². The number of nitrogens with zero attached hydrogens (tertiary/aromatic N) is 1. The molecular formula is C32H34N2O6S. The lowest BCUT2D eigenvalue weighted by molar-refractivity contribution is -0.157. The number of hydrogen-bond donors (Lipinski definition) is 1. The lowest BCUT2D eigenvalue weighted by Gasteiger charge is -2.27. The van der Waals surface area contributed by atoms with Gasteiger partial charge in [0.05, 0.1) is 10.6 Å². The topological polar surface area (TPSA) is 102 Å². The summed E-state index contributed by atoms with van der Waals surface area (Å²) in [6.45, 7) is 8.37. The van der Waals surface area contributed by atoms with Crippen molar-refractivity contribution in [3.05, 3.63) is 96.1 Å². The second kappa shape index (κ2) is 12.0. The molecule has 4 aromatic carbocycles. The molecular weight excluding hydrogens is 540 g/mol. The summed E-state index contributed by atoms with van der Waals surface area (Å²) in [4.78, 5) is 25.3. The fourth-order valence-corrected chi connectivity index (χ4v) is 6.02. The number of sulfonamides is 1. The number of carbonyl (C=O) groups is 2. The Morgan fingerprint density at radius 2 is 1.51 bits per heavy atom. The van der Waals surface area contributed by atoms with Crippen LogP contribution in [0.3, 0.4) is 0 Å². The Hall–Kier alpha value is -4.37. The number of hydrogen-bond acceptors (Lipinski definition) is 6. The van der Waals surface area contributed by atoms with E-state index in [2.05, 4.69) is 5.32 Å². The van der Waals surface area contributed by atoms with Crippen molar-refractivity contribution in [1.82, 2.24) is 0 Å². The SMILES string of the molecule is Cc1cccc(N(CC(=O)Nc2ccc(OCC(=O)OC(C)(C)C)cc2)S(=O)(=O)c2cccc3ccccc23)c1C. The lowest BCUT2D eigenvalue weighted by atomic mass is 10.1. The molecule has 0 unspecified atom stereocenters. The summed E-state index contributed by atoms with van der Waals surface area (Å²) in [5.41, 5.74) is 1.93. The van der Waals surface area contributed by atoms with Gasteiger partial charge < -0.3 is 14.8 Å². The second-order valence-electron chi connectivity index (χ2n) is 10.7. The van der Waals surface area contributed by atoms with Gasteiger partial charge in [-0.1, -0.05) is 48.5 Å². The van der Waals surface area contributed by atoms with E-state index in [1.54, 1.807) is 81.4 Å². The molecule has 4 rings (SSSR count). The van der Waals surface area contributed by atoms with Crippen LogP contribution in [-0.2, 0) is 24.3 Å². The summed E-state index contributed by atoms with van der Waals surface area (Å²) in [6.07, 6.45) is 0. The number of ether oxygens (including phenoxy) is 2. The number of nitrogens with one attached hydrogen (secondary N) is 1. The van der Waals surface area contributed by atoms with Crippen LogP contribution in [0.15, 0.2) is 89.8 Å². The van der Waals surface area contributed by atoms with Crippen molar-refractivity contribution in [2.75, 3.05) is 22.8 Å². The Bertz CT molecular complexity index is 1670. The van der Waals surface area contributed by atoms with Crippen molar-refractivity contribution in [3.63, 3.8) is 0 Å². The minimum Gasteiger partial charge on any atom is -0.482 e. The van der Waals surface area contributed by atoms with Gasteiger partial charge in [0.1, 0.15) is 17.9 Å². The van der Waals surface area contributed by atoms with E-state index in [-0.39, 0.29) is 11.5 Å². The van der Waals surface area contributed by atoms with E-state index in [1.165, 1.54) is 0 Å². The number of fused-ring (bicyclic) bond motifs is 1. The fraction of sp³-hybridized carbons (Fsp3) is 0.250. The third-order valence-electron chi connectivity index (χ3n) is 6.36. The van der Waals surface area contributed by atoms with Crippen molar-refractivity contribution < 1.29 is 27.5 Å². The lowest BCUT2D eigenvalue weighted by Crippen LogP contribution is -2.38. The van der Waals surface area contributed by atoms with E-state index < -0.39 is 34.0 Å². The molecule has 0 saturated carbocycles. The van der Waals surface area contributed by atoms with Crippen LogP contribution in [0.1, 0.15) is 31.9 Å². The summed E-state index contributed by atoms with van der Waals surface area (Å²) < 4.78 is 40.2. The van der Waals surface area contributed by atoms with Crippen LogP contribution in [-0.4, -0.2) is 39.0 Å². The van der Waals surface area contributed by atoms with Gasteiger partial charge in [0.15, 0.2) is 6.61 Å². The minimum absolute atomic E-state index is 0.121. The molecule has 0 spiro atoms. The van der Waals surface area contributed by atoms with Crippen molar-refractivity contribution in [3.8, 4) is 5.75 Å². The number of carbonyl (C=O) groups excluding carboxylic acids is 2. The highest BCUT2D eigenvalue weighted by Gasteiger charge is 2.30. The normalized spacial score (nSPS) is 11.6. The maximum Gasteiger partial charge on any atom is 0.344 e. The first kappa shape index (κ1) is 29.6. The smallest absolute Gasteiger partial charge is 0.344 e. The number of rotatable bonds is 9. The number of aryl methyl sites for hydroxylation is 1. The Labute approximate surface area is 240 Å². The Balaban J connectivity index is 1.56. The molecule has 8 nitrogen and oxygen atoms in total. The van der Waals surface area contributed by atoms with Crippen LogP contribution >= 0.6 is 0 Å². The van der Waals surface area contributed by atoms with Gasteiger partial charge in [-0.3, -0.25) is 9.10 Å². The predicted molar refractivity (Wildman–Crippen MR) is 161 cm³/mol. The number of amides is 1. The summed E-state index contributed by atoms with van der Waals surface area (Å²) in [7, 11) is -4.13. The highest BCUT2D eigenvalue weighted by Crippen LogP contribution is 2.32. The van der Waals surface area contributed by atoms with E-state index in [1.807, 2.05) is 38.1 Å². The van der Waals surface area contributed by atoms with E-state index in [9.17, 15) is 18.0 Å². The summed E-state index contributed by atoms with van der Waals surface area (Å²) in [5, 5.41) is 4.13. The van der Waals surface area contributed by atoms with Gasteiger partial charge in [0, 0.05) is 11.1 Å². The van der Waals surface area contributed by atoms with Crippen molar-refractivity contribution in [1.29, 1.82) is 0 Å². The monoisotopic (exact) mass is 574 g/mol. The Kier molecular flexibility index (Phi) is 8.68. The van der Waals surface area contributed by atoms with Crippen LogP contribution in [0.4, 0.5) is 11.4 Å². The molecule has 0 fully saturated rings. The third-order valence-corrected chi connectivity index (χ3v) is 8.18. The second-order valence-corrected chi connectivity index (χ2v) is 12.5. The molecule has 0 aliphatic rings. The molecule has 0 aliphatic carbocycles. The maximum atomic E-state index is 14.1. The van der Waals surface area contributed by atoms with Crippen molar-refractivity contribution in [2.24, 2.45) is 0 Å². The van der Waals surface area contributed by atoms with Gasteiger partial charge in [-0.25, -0.2) is 13.2 Å². The molecule has 9 heteroatoms. The average Bonchev–Trinajstić information content (AvgIpc) is 2.92.